The molecule has 1 N–H and O–H groups in total. The van der Waals surface area contributed by atoms with Crippen LogP contribution < -0.4 is 9.62 Å². The molecule has 4 rings (SSSR count). The van der Waals surface area contributed by atoms with E-state index in [0.29, 0.717) is 34.9 Å². The van der Waals surface area contributed by atoms with E-state index in [1.165, 1.54) is 4.31 Å². The van der Waals surface area contributed by atoms with Crippen molar-refractivity contribution in [2.75, 3.05) is 16.2 Å². The lowest BCUT2D eigenvalue weighted by atomic mass is 10.1. The van der Waals surface area contributed by atoms with Gasteiger partial charge in [0.2, 0.25) is 0 Å². The molecule has 0 atom stereocenters. The molecule has 0 unspecified atom stereocenters. The minimum Gasteiger partial charge on any atom is -0.322 e. The smallest absolute Gasteiger partial charge is 0.264 e. The van der Waals surface area contributed by atoms with Crippen molar-refractivity contribution in [3.05, 3.63) is 88.4 Å². The molecule has 0 spiro atoms. The summed E-state index contributed by atoms with van der Waals surface area (Å²) in [7, 11) is -3.63. The van der Waals surface area contributed by atoms with Crippen LogP contribution in [0.1, 0.15) is 21.5 Å². The monoisotopic (exact) mass is 426 g/mol. The van der Waals surface area contributed by atoms with Crippen LogP contribution in [-0.2, 0) is 16.4 Å². The zero-order valence-electron chi connectivity index (χ0n) is 15.7. The molecule has 0 bridgehead atoms. The minimum atomic E-state index is -3.63. The summed E-state index contributed by atoms with van der Waals surface area (Å²) in [6, 6.07) is 18.8. The Bertz CT molecular complexity index is 1170. The Morgan fingerprint density at radius 1 is 1.00 bits per heavy atom. The number of fused-ring (bicyclic) bond motifs is 1. The molecule has 0 aliphatic carbocycles. The summed E-state index contributed by atoms with van der Waals surface area (Å²) in [6.07, 6.45) is 0.558. The average molecular weight is 427 g/mol. The lowest BCUT2D eigenvalue weighted by Gasteiger charge is -2.20. The van der Waals surface area contributed by atoms with Crippen molar-refractivity contribution in [3.63, 3.8) is 0 Å². The van der Waals surface area contributed by atoms with Crippen LogP contribution in [0.2, 0.25) is 5.02 Å². The maximum atomic E-state index is 13.0. The van der Waals surface area contributed by atoms with E-state index in [0.717, 1.165) is 11.1 Å². The molecule has 1 heterocycles. The van der Waals surface area contributed by atoms with Gasteiger partial charge in [-0.2, -0.15) is 0 Å². The standard InChI is InChI=1S/C22H19ClN2O3S/c1-15-2-9-20(10-3-15)29(27,28)25-13-12-16-14-17(4-11-21(16)25)22(26)24-19-7-5-18(23)6-8-19/h2-11,14H,12-13H2,1H3,(H,24,26). The van der Waals surface area contributed by atoms with Crippen LogP contribution in [-0.4, -0.2) is 20.9 Å². The number of nitrogens with zero attached hydrogens (tertiary/aromatic N) is 1. The van der Waals surface area contributed by atoms with Crippen LogP contribution in [0.3, 0.4) is 0 Å². The Hall–Kier alpha value is -2.83. The highest BCUT2D eigenvalue weighted by Crippen LogP contribution is 2.33. The highest BCUT2D eigenvalue weighted by Gasteiger charge is 2.31. The third-order valence-electron chi connectivity index (χ3n) is 4.91. The quantitative estimate of drug-likeness (QED) is 0.660. The van der Waals surface area contributed by atoms with Gasteiger partial charge in [-0.3, -0.25) is 9.10 Å². The van der Waals surface area contributed by atoms with Crippen molar-refractivity contribution in [1.29, 1.82) is 0 Å². The summed E-state index contributed by atoms with van der Waals surface area (Å²) in [4.78, 5) is 12.8. The fraction of sp³-hybridized carbons (Fsp3) is 0.136. The number of anilines is 2. The Balaban J connectivity index is 1.58. The molecule has 148 valence electrons. The number of carbonyl (C=O) groups is 1. The number of benzene rings is 3. The topological polar surface area (TPSA) is 66.5 Å². The van der Waals surface area contributed by atoms with Crippen LogP contribution in [0.4, 0.5) is 11.4 Å². The van der Waals surface area contributed by atoms with E-state index in [-0.39, 0.29) is 10.8 Å². The summed E-state index contributed by atoms with van der Waals surface area (Å²) in [6.45, 7) is 2.27. The van der Waals surface area contributed by atoms with Gasteiger partial charge in [-0.25, -0.2) is 8.42 Å². The first-order chi connectivity index (χ1) is 13.8. The van der Waals surface area contributed by atoms with Crippen molar-refractivity contribution in [2.45, 2.75) is 18.2 Å². The molecule has 1 aliphatic rings. The molecule has 3 aromatic carbocycles. The molecule has 0 saturated heterocycles. The maximum Gasteiger partial charge on any atom is 0.264 e. The van der Waals surface area contributed by atoms with E-state index in [1.807, 2.05) is 6.92 Å². The van der Waals surface area contributed by atoms with Crippen LogP contribution in [0.25, 0.3) is 0 Å². The van der Waals surface area contributed by atoms with Crippen molar-refractivity contribution < 1.29 is 13.2 Å². The number of aryl methyl sites for hydroxylation is 1. The largest absolute Gasteiger partial charge is 0.322 e. The maximum absolute atomic E-state index is 13.0. The second-order valence-electron chi connectivity index (χ2n) is 6.94. The van der Waals surface area contributed by atoms with Gasteiger partial charge in [0.1, 0.15) is 0 Å². The lowest BCUT2D eigenvalue weighted by molar-refractivity contribution is 0.102. The summed E-state index contributed by atoms with van der Waals surface area (Å²) < 4.78 is 27.5. The van der Waals surface area contributed by atoms with E-state index in [1.54, 1.807) is 66.7 Å². The van der Waals surface area contributed by atoms with E-state index in [2.05, 4.69) is 5.32 Å². The number of sulfonamides is 1. The van der Waals surface area contributed by atoms with Crippen LogP contribution in [0.5, 0.6) is 0 Å². The van der Waals surface area contributed by atoms with E-state index < -0.39 is 10.0 Å². The minimum absolute atomic E-state index is 0.255. The Morgan fingerprint density at radius 3 is 2.38 bits per heavy atom. The second kappa shape index (κ2) is 7.54. The van der Waals surface area contributed by atoms with Crippen LogP contribution in [0, 0.1) is 6.92 Å². The number of hydrogen-bond acceptors (Lipinski definition) is 3. The van der Waals surface area contributed by atoms with Gasteiger partial charge in [0, 0.05) is 22.8 Å². The molecular weight excluding hydrogens is 408 g/mol. The van der Waals surface area contributed by atoms with E-state index >= 15 is 0 Å². The fourth-order valence-electron chi connectivity index (χ4n) is 3.34. The third-order valence-corrected chi connectivity index (χ3v) is 6.99. The molecular formula is C22H19ClN2O3S. The van der Waals surface area contributed by atoms with Crippen molar-refractivity contribution >= 4 is 38.9 Å². The summed E-state index contributed by atoms with van der Waals surface area (Å²) in [5.74, 6) is -0.255. The molecule has 0 aromatic heterocycles. The normalized spacial score (nSPS) is 13.2. The number of carbonyl (C=O) groups excluding carboxylic acids is 1. The number of nitrogens with one attached hydrogen (secondary N) is 1. The second-order valence-corrected chi connectivity index (χ2v) is 9.24. The predicted molar refractivity (Wildman–Crippen MR) is 115 cm³/mol. The first-order valence-electron chi connectivity index (χ1n) is 9.14. The summed E-state index contributed by atoms with van der Waals surface area (Å²) in [5.41, 5.74) is 3.58. The molecule has 0 saturated carbocycles. The number of halogens is 1. The third kappa shape index (κ3) is 3.86. The van der Waals surface area contributed by atoms with Gasteiger partial charge in [0.15, 0.2) is 0 Å². The van der Waals surface area contributed by atoms with Gasteiger partial charge in [-0.05, 0) is 73.5 Å². The molecule has 29 heavy (non-hydrogen) atoms. The number of rotatable bonds is 4. The predicted octanol–water partition coefficient (Wildman–Crippen LogP) is 4.65. The molecule has 1 aliphatic heterocycles. The highest BCUT2D eigenvalue weighted by molar-refractivity contribution is 7.92. The molecule has 0 fully saturated rings. The first kappa shape index (κ1) is 19.5. The first-order valence-corrected chi connectivity index (χ1v) is 11.0. The van der Waals surface area contributed by atoms with Gasteiger partial charge in [-0.15, -0.1) is 0 Å². The van der Waals surface area contributed by atoms with Gasteiger partial charge in [-0.1, -0.05) is 29.3 Å². The Labute approximate surface area is 175 Å². The van der Waals surface area contributed by atoms with Crippen molar-refractivity contribution in [3.8, 4) is 0 Å². The molecule has 7 heteroatoms. The van der Waals surface area contributed by atoms with Crippen molar-refractivity contribution in [2.24, 2.45) is 0 Å². The molecule has 1 amide bonds. The Kier molecular flexibility index (Phi) is 5.06. The summed E-state index contributed by atoms with van der Waals surface area (Å²) >= 11 is 5.87. The summed E-state index contributed by atoms with van der Waals surface area (Å²) in [5, 5.41) is 3.41. The lowest BCUT2D eigenvalue weighted by Crippen LogP contribution is -2.29. The molecule has 0 radical (unpaired) electrons. The van der Waals surface area contributed by atoms with Gasteiger partial charge >= 0.3 is 0 Å². The SMILES string of the molecule is Cc1ccc(S(=O)(=O)N2CCc3cc(C(=O)Nc4ccc(Cl)cc4)ccc32)cc1. The van der Waals surface area contributed by atoms with Crippen molar-refractivity contribution in [1.82, 2.24) is 0 Å². The zero-order chi connectivity index (χ0) is 20.6. The van der Waals surface area contributed by atoms with Gasteiger partial charge in [0.25, 0.3) is 15.9 Å². The fourth-order valence-corrected chi connectivity index (χ4v) is 4.97. The van der Waals surface area contributed by atoms with E-state index in [4.69, 9.17) is 11.6 Å². The van der Waals surface area contributed by atoms with E-state index in [9.17, 15) is 13.2 Å². The van der Waals surface area contributed by atoms with Crippen LogP contribution >= 0.6 is 11.6 Å². The molecule has 5 nitrogen and oxygen atoms in total. The zero-order valence-corrected chi connectivity index (χ0v) is 17.3. The Morgan fingerprint density at radius 2 is 1.69 bits per heavy atom. The number of hydrogen-bond donors (Lipinski definition) is 1. The van der Waals surface area contributed by atoms with Gasteiger partial charge < -0.3 is 5.32 Å². The van der Waals surface area contributed by atoms with Crippen LogP contribution in [0.15, 0.2) is 71.6 Å². The average Bonchev–Trinajstić information content (AvgIpc) is 3.14. The van der Waals surface area contributed by atoms with Gasteiger partial charge in [0.05, 0.1) is 10.6 Å². The number of amides is 1. The molecule has 3 aromatic rings. The highest BCUT2D eigenvalue weighted by atomic mass is 35.5.